The molecule has 0 amide bonds. The zero-order chi connectivity index (χ0) is 14.2. The van der Waals surface area contributed by atoms with Gasteiger partial charge in [-0.25, -0.2) is 0 Å². The van der Waals surface area contributed by atoms with Crippen molar-refractivity contribution < 1.29 is 5.11 Å². The summed E-state index contributed by atoms with van der Waals surface area (Å²) in [6, 6.07) is 22.3. The van der Waals surface area contributed by atoms with Crippen molar-refractivity contribution in [2.45, 2.75) is 19.4 Å². The summed E-state index contributed by atoms with van der Waals surface area (Å²) in [7, 11) is 0. The molecule has 3 rings (SSSR count). The van der Waals surface area contributed by atoms with Gasteiger partial charge in [-0.2, -0.15) is 0 Å². The standard InChI is InChI=1S/C19H18O/c1-14-8-3-6-12-17(14)19(2,20)18-13-7-10-15-9-4-5-11-16(15)18/h3-13,20H,1-2H3. The summed E-state index contributed by atoms with van der Waals surface area (Å²) in [5.74, 6) is 0. The molecule has 1 atom stereocenters. The normalized spacial score (nSPS) is 14.2. The van der Waals surface area contributed by atoms with Crippen LogP contribution < -0.4 is 0 Å². The first kappa shape index (κ1) is 12.9. The van der Waals surface area contributed by atoms with Gasteiger partial charge in [-0.05, 0) is 41.3 Å². The summed E-state index contributed by atoms with van der Waals surface area (Å²) >= 11 is 0. The van der Waals surface area contributed by atoms with E-state index in [0.717, 1.165) is 27.5 Å². The third kappa shape index (κ3) is 2.00. The Balaban J connectivity index is 2.27. The lowest BCUT2D eigenvalue weighted by molar-refractivity contribution is 0.103. The van der Waals surface area contributed by atoms with Crippen molar-refractivity contribution in [2.75, 3.05) is 0 Å². The lowest BCUT2D eigenvalue weighted by atomic mass is 9.83. The minimum Gasteiger partial charge on any atom is -0.381 e. The topological polar surface area (TPSA) is 20.2 Å². The molecule has 0 saturated carbocycles. The fourth-order valence-electron chi connectivity index (χ4n) is 2.91. The second kappa shape index (κ2) is 4.77. The van der Waals surface area contributed by atoms with Crippen LogP contribution in [-0.2, 0) is 5.60 Å². The Kier molecular flexibility index (Phi) is 3.07. The van der Waals surface area contributed by atoms with E-state index in [1.54, 1.807) is 0 Å². The molecule has 100 valence electrons. The van der Waals surface area contributed by atoms with Crippen LogP contribution in [0.15, 0.2) is 66.7 Å². The smallest absolute Gasteiger partial charge is 0.113 e. The number of rotatable bonds is 2. The maximum Gasteiger partial charge on any atom is 0.113 e. The third-order valence-corrected chi connectivity index (χ3v) is 3.98. The second-order valence-electron chi connectivity index (χ2n) is 5.41. The van der Waals surface area contributed by atoms with Gasteiger partial charge in [0.2, 0.25) is 0 Å². The minimum absolute atomic E-state index is 0.949. The van der Waals surface area contributed by atoms with E-state index < -0.39 is 5.60 Å². The molecular weight excluding hydrogens is 244 g/mol. The Morgan fingerprint density at radius 2 is 1.35 bits per heavy atom. The molecule has 0 heterocycles. The number of hydrogen-bond acceptors (Lipinski definition) is 1. The largest absolute Gasteiger partial charge is 0.381 e. The summed E-state index contributed by atoms with van der Waals surface area (Å²) in [6.45, 7) is 3.91. The van der Waals surface area contributed by atoms with Crippen LogP contribution in [0.4, 0.5) is 0 Å². The van der Waals surface area contributed by atoms with Crippen LogP contribution in [-0.4, -0.2) is 5.11 Å². The van der Waals surface area contributed by atoms with E-state index in [9.17, 15) is 5.11 Å². The van der Waals surface area contributed by atoms with Crippen LogP contribution in [0.5, 0.6) is 0 Å². The van der Waals surface area contributed by atoms with Crippen molar-refractivity contribution in [3.63, 3.8) is 0 Å². The summed E-state index contributed by atoms with van der Waals surface area (Å²) in [5.41, 5.74) is 2.01. The van der Waals surface area contributed by atoms with Crippen molar-refractivity contribution in [1.29, 1.82) is 0 Å². The van der Waals surface area contributed by atoms with Gasteiger partial charge in [0.05, 0.1) is 0 Å². The van der Waals surface area contributed by atoms with E-state index in [-0.39, 0.29) is 0 Å². The molecule has 1 N–H and O–H groups in total. The van der Waals surface area contributed by atoms with Gasteiger partial charge < -0.3 is 5.11 Å². The molecule has 0 fully saturated rings. The molecule has 1 unspecified atom stereocenters. The third-order valence-electron chi connectivity index (χ3n) is 3.98. The highest BCUT2D eigenvalue weighted by Gasteiger charge is 2.28. The molecule has 3 aromatic rings. The molecular formula is C19H18O. The lowest BCUT2D eigenvalue weighted by Crippen LogP contribution is -2.24. The molecule has 0 radical (unpaired) electrons. The van der Waals surface area contributed by atoms with Crippen molar-refractivity contribution in [2.24, 2.45) is 0 Å². The van der Waals surface area contributed by atoms with Gasteiger partial charge in [0.1, 0.15) is 5.60 Å². The predicted molar refractivity (Wildman–Crippen MR) is 83.8 cm³/mol. The summed E-state index contributed by atoms with van der Waals surface area (Å²) < 4.78 is 0. The van der Waals surface area contributed by atoms with Crippen molar-refractivity contribution in [3.8, 4) is 0 Å². The Morgan fingerprint density at radius 3 is 2.15 bits per heavy atom. The van der Waals surface area contributed by atoms with Gasteiger partial charge in [-0.1, -0.05) is 66.7 Å². The zero-order valence-electron chi connectivity index (χ0n) is 11.8. The zero-order valence-corrected chi connectivity index (χ0v) is 11.8. The number of hydrogen-bond donors (Lipinski definition) is 1. The van der Waals surface area contributed by atoms with Crippen molar-refractivity contribution in [1.82, 2.24) is 0 Å². The Bertz CT molecular complexity index is 751. The maximum atomic E-state index is 11.1. The first-order chi connectivity index (χ1) is 9.60. The summed E-state index contributed by atoms with van der Waals surface area (Å²) in [6.07, 6.45) is 0. The second-order valence-corrected chi connectivity index (χ2v) is 5.41. The van der Waals surface area contributed by atoms with Gasteiger partial charge in [-0.15, -0.1) is 0 Å². The van der Waals surface area contributed by atoms with Crippen LogP contribution in [0.1, 0.15) is 23.6 Å². The molecule has 0 aliphatic rings. The summed E-state index contributed by atoms with van der Waals surface area (Å²) in [4.78, 5) is 0. The van der Waals surface area contributed by atoms with Gasteiger partial charge >= 0.3 is 0 Å². The van der Waals surface area contributed by atoms with E-state index in [2.05, 4.69) is 18.2 Å². The molecule has 0 saturated heterocycles. The van der Waals surface area contributed by atoms with Crippen LogP contribution in [0.2, 0.25) is 0 Å². The predicted octanol–water partition coefficient (Wildman–Crippen LogP) is 4.40. The fourth-order valence-corrected chi connectivity index (χ4v) is 2.91. The minimum atomic E-state index is -0.994. The SMILES string of the molecule is Cc1ccccc1C(C)(O)c1cccc2ccccc12. The molecule has 0 aromatic heterocycles. The van der Waals surface area contributed by atoms with Crippen LogP contribution in [0, 0.1) is 6.92 Å². The average Bonchev–Trinajstić information content (AvgIpc) is 2.47. The van der Waals surface area contributed by atoms with Crippen molar-refractivity contribution in [3.05, 3.63) is 83.4 Å². The van der Waals surface area contributed by atoms with Crippen LogP contribution in [0.25, 0.3) is 10.8 Å². The number of aryl methyl sites for hydroxylation is 1. The van der Waals surface area contributed by atoms with E-state index in [1.165, 1.54) is 0 Å². The molecule has 3 aromatic carbocycles. The van der Waals surface area contributed by atoms with Crippen LogP contribution in [0.3, 0.4) is 0 Å². The molecule has 0 aliphatic heterocycles. The number of fused-ring (bicyclic) bond motifs is 1. The molecule has 0 bridgehead atoms. The van der Waals surface area contributed by atoms with Gasteiger partial charge in [0, 0.05) is 0 Å². The van der Waals surface area contributed by atoms with E-state index in [4.69, 9.17) is 0 Å². The molecule has 1 heteroatoms. The number of aliphatic hydroxyl groups is 1. The molecule has 20 heavy (non-hydrogen) atoms. The Morgan fingerprint density at radius 1 is 0.750 bits per heavy atom. The first-order valence-electron chi connectivity index (χ1n) is 6.87. The highest BCUT2D eigenvalue weighted by Crippen LogP contribution is 2.35. The quantitative estimate of drug-likeness (QED) is 0.725. The Labute approximate surface area is 119 Å². The van der Waals surface area contributed by atoms with E-state index in [1.807, 2.05) is 62.4 Å². The van der Waals surface area contributed by atoms with Gasteiger partial charge in [0.15, 0.2) is 0 Å². The van der Waals surface area contributed by atoms with Gasteiger partial charge in [0.25, 0.3) is 0 Å². The number of benzene rings is 3. The van der Waals surface area contributed by atoms with Crippen LogP contribution >= 0.6 is 0 Å². The molecule has 0 aliphatic carbocycles. The van der Waals surface area contributed by atoms with E-state index >= 15 is 0 Å². The Hall–Kier alpha value is -2.12. The maximum absolute atomic E-state index is 11.1. The van der Waals surface area contributed by atoms with Crippen molar-refractivity contribution >= 4 is 10.8 Å². The lowest BCUT2D eigenvalue weighted by Gasteiger charge is -2.27. The summed E-state index contributed by atoms with van der Waals surface area (Å²) in [5, 5.41) is 13.4. The highest BCUT2D eigenvalue weighted by atomic mass is 16.3. The monoisotopic (exact) mass is 262 g/mol. The molecule has 1 nitrogen and oxygen atoms in total. The fraction of sp³-hybridized carbons (Fsp3) is 0.158. The highest BCUT2D eigenvalue weighted by molar-refractivity contribution is 5.86. The average molecular weight is 262 g/mol. The first-order valence-corrected chi connectivity index (χ1v) is 6.87. The van der Waals surface area contributed by atoms with Gasteiger partial charge in [-0.3, -0.25) is 0 Å². The van der Waals surface area contributed by atoms with E-state index in [0.29, 0.717) is 0 Å². The molecule has 0 spiro atoms.